The molecule has 0 spiro atoms. The predicted molar refractivity (Wildman–Crippen MR) is 84.8 cm³/mol. The first-order chi connectivity index (χ1) is 10.4. The van der Waals surface area contributed by atoms with Crippen LogP contribution in [0.2, 0.25) is 0 Å². The van der Waals surface area contributed by atoms with E-state index < -0.39 is 0 Å². The quantitative estimate of drug-likeness (QED) is 0.591. The SMILES string of the molecule is c1cc(-c2ccc(-c3ccc4nc[nH]c4c3)cc2)ccn1. The maximum absolute atomic E-state index is 4.25. The van der Waals surface area contributed by atoms with Gasteiger partial charge in [-0.1, -0.05) is 30.3 Å². The van der Waals surface area contributed by atoms with E-state index in [1.165, 1.54) is 22.3 Å². The molecule has 0 bridgehead atoms. The number of hydrogen-bond donors (Lipinski definition) is 1. The topological polar surface area (TPSA) is 41.6 Å². The highest BCUT2D eigenvalue weighted by Gasteiger charge is 2.02. The number of aromatic nitrogens is 3. The van der Waals surface area contributed by atoms with Gasteiger partial charge in [0.05, 0.1) is 17.4 Å². The molecule has 4 rings (SSSR count). The summed E-state index contributed by atoms with van der Waals surface area (Å²) in [5.41, 5.74) is 6.82. The smallest absolute Gasteiger partial charge is 0.0931 e. The van der Waals surface area contributed by atoms with E-state index in [2.05, 4.69) is 51.4 Å². The number of fused-ring (bicyclic) bond motifs is 1. The van der Waals surface area contributed by atoms with E-state index in [4.69, 9.17) is 0 Å². The molecule has 4 aromatic rings. The molecule has 2 aromatic heterocycles. The second kappa shape index (κ2) is 4.87. The largest absolute Gasteiger partial charge is 0.345 e. The van der Waals surface area contributed by atoms with Crippen LogP contribution >= 0.6 is 0 Å². The Morgan fingerprint density at radius 1 is 0.667 bits per heavy atom. The molecule has 0 aliphatic carbocycles. The van der Waals surface area contributed by atoms with Gasteiger partial charge in [-0.2, -0.15) is 0 Å². The summed E-state index contributed by atoms with van der Waals surface area (Å²) in [5, 5.41) is 0. The fourth-order valence-corrected chi connectivity index (χ4v) is 2.51. The Bertz CT molecular complexity index is 877. The van der Waals surface area contributed by atoms with E-state index in [0.29, 0.717) is 0 Å². The van der Waals surface area contributed by atoms with Crippen molar-refractivity contribution in [3.8, 4) is 22.3 Å². The summed E-state index contributed by atoms with van der Waals surface area (Å²) in [6.45, 7) is 0. The molecule has 0 atom stereocenters. The summed E-state index contributed by atoms with van der Waals surface area (Å²) in [4.78, 5) is 11.4. The van der Waals surface area contributed by atoms with Gasteiger partial charge in [-0.15, -0.1) is 0 Å². The summed E-state index contributed by atoms with van der Waals surface area (Å²) in [5.74, 6) is 0. The van der Waals surface area contributed by atoms with E-state index in [-0.39, 0.29) is 0 Å². The number of hydrogen-bond acceptors (Lipinski definition) is 2. The zero-order valence-corrected chi connectivity index (χ0v) is 11.3. The van der Waals surface area contributed by atoms with Crippen LogP contribution in [0.25, 0.3) is 33.3 Å². The number of imidazole rings is 1. The second-order valence-corrected chi connectivity index (χ2v) is 4.95. The molecule has 0 saturated heterocycles. The molecule has 0 aliphatic heterocycles. The van der Waals surface area contributed by atoms with Gasteiger partial charge in [-0.05, 0) is 46.5 Å². The van der Waals surface area contributed by atoms with Crippen molar-refractivity contribution in [1.82, 2.24) is 15.0 Å². The molecular weight excluding hydrogens is 258 g/mol. The summed E-state index contributed by atoms with van der Waals surface area (Å²) in [6.07, 6.45) is 5.35. The van der Waals surface area contributed by atoms with Crippen LogP contribution in [-0.4, -0.2) is 15.0 Å². The molecule has 0 fully saturated rings. The molecule has 2 heterocycles. The van der Waals surface area contributed by atoms with Crippen molar-refractivity contribution in [2.75, 3.05) is 0 Å². The number of pyridine rings is 1. The van der Waals surface area contributed by atoms with Crippen LogP contribution in [-0.2, 0) is 0 Å². The zero-order chi connectivity index (χ0) is 14.1. The van der Waals surface area contributed by atoms with Crippen LogP contribution < -0.4 is 0 Å². The van der Waals surface area contributed by atoms with Gasteiger partial charge >= 0.3 is 0 Å². The first kappa shape index (κ1) is 11.9. The van der Waals surface area contributed by atoms with Crippen LogP contribution in [0.15, 0.2) is 73.3 Å². The van der Waals surface area contributed by atoms with Gasteiger partial charge < -0.3 is 4.98 Å². The second-order valence-electron chi connectivity index (χ2n) is 4.95. The summed E-state index contributed by atoms with van der Waals surface area (Å²) in [6, 6.07) is 18.9. The number of nitrogens with one attached hydrogen (secondary N) is 1. The number of benzene rings is 2. The Morgan fingerprint density at radius 2 is 1.29 bits per heavy atom. The molecule has 2 aromatic carbocycles. The maximum atomic E-state index is 4.25. The third kappa shape index (κ3) is 2.19. The standard InChI is InChI=1S/C18H13N3/c1-3-14(4-2-13(1)15-7-9-19-10-8-15)16-5-6-17-18(11-16)21-12-20-17/h1-12H,(H,20,21). The molecule has 0 aliphatic rings. The first-order valence-corrected chi connectivity index (χ1v) is 6.84. The van der Waals surface area contributed by atoms with Gasteiger partial charge in [0.15, 0.2) is 0 Å². The summed E-state index contributed by atoms with van der Waals surface area (Å²) >= 11 is 0. The molecule has 100 valence electrons. The average Bonchev–Trinajstić information content (AvgIpc) is 3.03. The van der Waals surface area contributed by atoms with Gasteiger partial charge in [-0.3, -0.25) is 4.98 Å². The summed E-state index contributed by atoms with van der Waals surface area (Å²) in [7, 11) is 0. The van der Waals surface area contributed by atoms with Crippen LogP contribution in [0, 0.1) is 0 Å². The molecule has 3 nitrogen and oxygen atoms in total. The highest BCUT2D eigenvalue weighted by atomic mass is 14.9. The Hall–Kier alpha value is -2.94. The minimum Gasteiger partial charge on any atom is -0.345 e. The normalized spacial score (nSPS) is 10.9. The number of rotatable bonds is 2. The van der Waals surface area contributed by atoms with Crippen LogP contribution in [0.3, 0.4) is 0 Å². The molecule has 1 N–H and O–H groups in total. The lowest BCUT2D eigenvalue weighted by molar-refractivity contribution is 1.33. The van der Waals surface area contributed by atoms with Crippen molar-refractivity contribution in [3.05, 3.63) is 73.3 Å². The Labute approximate surface area is 122 Å². The van der Waals surface area contributed by atoms with Crippen LogP contribution in [0.1, 0.15) is 0 Å². The van der Waals surface area contributed by atoms with Crippen LogP contribution in [0.4, 0.5) is 0 Å². The molecule has 0 amide bonds. The monoisotopic (exact) mass is 271 g/mol. The fourth-order valence-electron chi connectivity index (χ4n) is 2.51. The van der Waals surface area contributed by atoms with Gasteiger partial charge in [-0.25, -0.2) is 4.98 Å². The maximum Gasteiger partial charge on any atom is 0.0931 e. The lowest BCUT2D eigenvalue weighted by Gasteiger charge is -2.05. The average molecular weight is 271 g/mol. The van der Waals surface area contributed by atoms with Crippen molar-refractivity contribution < 1.29 is 0 Å². The predicted octanol–water partition coefficient (Wildman–Crippen LogP) is 4.29. The molecule has 0 radical (unpaired) electrons. The first-order valence-electron chi connectivity index (χ1n) is 6.84. The van der Waals surface area contributed by atoms with E-state index in [0.717, 1.165) is 11.0 Å². The highest BCUT2D eigenvalue weighted by Crippen LogP contribution is 2.26. The van der Waals surface area contributed by atoms with Gasteiger partial charge in [0.1, 0.15) is 0 Å². The number of nitrogens with zero attached hydrogens (tertiary/aromatic N) is 2. The van der Waals surface area contributed by atoms with E-state index in [1.54, 1.807) is 6.33 Å². The number of aromatic amines is 1. The molecule has 0 unspecified atom stereocenters. The van der Waals surface area contributed by atoms with Gasteiger partial charge in [0, 0.05) is 12.4 Å². The molecular formula is C18H13N3. The van der Waals surface area contributed by atoms with E-state index in [1.807, 2.05) is 30.6 Å². The van der Waals surface area contributed by atoms with Crippen molar-refractivity contribution in [3.63, 3.8) is 0 Å². The lowest BCUT2D eigenvalue weighted by Crippen LogP contribution is -1.81. The van der Waals surface area contributed by atoms with Gasteiger partial charge in [0.25, 0.3) is 0 Å². The van der Waals surface area contributed by atoms with Crippen molar-refractivity contribution in [2.24, 2.45) is 0 Å². The minimum atomic E-state index is 0.993. The highest BCUT2D eigenvalue weighted by molar-refractivity contribution is 5.82. The van der Waals surface area contributed by atoms with Crippen molar-refractivity contribution in [1.29, 1.82) is 0 Å². The number of H-pyrrole nitrogens is 1. The van der Waals surface area contributed by atoms with Crippen molar-refractivity contribution >= 4 is 11.0 Å². The molecule has 0 saturated carbocycles. The van der Waals surface area contributed by atoms with Crippen molar-refractivity contribution in [2.45, 2.75) is 0 Å². The van der Waals surface area contributed by atoms with E-state index >= 15 is 0 Å². The molecule has 21 heavy (non-hydrogen) atoms. The summed E-state index contributed by atoms with van der Waals surface area (Å²) < 4.78 is 0. The lowest BCUT2D eigenvalue weighted by atomic mass is 10.0. The third-order valence-electron chi connectivity index (χ3n) is 3.65. The Balaban J connectivity index is 1.72. The minimum absolute atomic E-state index is 0.993. The van der Waals surface area contributed by atoms with E-state index in [9.17, 15) is 0 Å². The molecule has 3 heteroatoms. The fraction of sp³-hybridized carbons (Fsp3) is 0. The van der Waals surface area contributed by atoms with Gasteiger partial charge in [0.2, 0.25) is 0 Å². The Morgan fingerprint density at radius 3 is 2.05 bits per heavy atom. The Kier molecular flexibility index (Phi) is 2.75. The third-order valence-corrected chi connectivity index (χ3v) is 3.65. The van der Waals surface area contributed by atoms with Crippen LogP contribution in [0.5, 0.6) is 0 Å². The zero-order valence-electron chi connectivity index (χ0n) is 11.3.